The second-order valence-electron chi connectivity index (χ2n) is 19.1. The van der Waals surface area contributed by atoms with E-state index in [1.807, 2.05) is 17.8 Å². The van der Waals surface area contributed by atoms with Gasteiger partial charge in [-0.1, -0.05) is 121 Å². The molecule has 340 valence electrons. The largest absolute Gasteiger partial charge is 0.492 e. The number of fused-ring (bicyclic) bond motifs is 2. The van der Waals surface area contributed by atoms with Crippen LogP contribution < -0.4 is 9.47 Å². The van der Waals surface area contributed by atoms with Crippen LogP contribution in [0.25, 0.3) is 0 Å². The number of hydrogen-bond acceptors (Lipinski definition) is 9. The molecule has 0 radical (unpaired) electrons. The summed E-state index contributed by atoms with van der Waals surface area (Å²) >= 11 is 1.99. The Morgan fingerprint density at radius 1 is 0.883 bits per heavy atom. The Hall–Kier alpha value is -2.04. The predicted molar refractivity (Wildman–Crippen MR) is 251 cm³/mol. The molecule has 5 rings (SSSR count). The molecule has 2 heterocycles. The van der Waals surface area contributed by atoms with Gasteiger partial charge in [-0.05, 0) is 94.2 Å². The van der Waals surface area contributed by atoms with E-state index in [9.17, 15) is 10.2 Å². The van der Waals surface area contributed by atoms with Crippen molar-refractivity contribution in [2.24, 2.45) is 22.9 Å². The van der Waals surface area contributed by atoms with Crippen molar-refractivity contribution in [2.75, 3.05) is 51.8 Å². The number of unbranched alkanes of at least 4 members (excludes halogenated alkanes) is 15. The standard InChI is InChI=1S/C51H84N2O6S/c1-6-8-9-10-11-12-13-14-15-16-17-18-19-24-36-60-47-39-45(52-59-50(3,4)5)43-37-40(25-20-22-32-54)42(26-21-23-33-55)48-44-38-41(56-35-31-53-29-30-53)27-28-46(44)58-51(47,49(43)48)57-34-7-2/h7,27-28,37-38,40,42,47-49,54-55H,2,6,8-26,29-36,39H2,1,3-5H3/t40-,42+,47-,48+,49+,51+/m0/s1. The average Bonchev–Trinajstić information content (AvgIpc) is 4.06. The minimum atomic E-state index is -0.925. The second kappa shape index (κ2) is 25.9. The number of thioether (sulfide) groups is 1. The van der Waals surface area contributed by atoms with Crippen molar-refractivity contribution >= 4 is 17.5 Å². The monoisotopic (exact) mass is 853 g/mol. The molecule has 1 aromatic carbocycles. The van der Waals surface area contributed by atoms with Gasteiger partial charge in [0.15, 0.2) is 0 Å². The van der Waals surface area contributed by atoms with Crippen molar-refractivity contribution in [1.29, 1.82) is 0 Å². The van der Waals surface area contributed by atoms with E-state index < -0.39 is 11.4 Å². The highest BCUT2D eigenvalue weighted by Gasteiger charge is 2.64. The number of oxime groups is 1. The van der Waals surface area contributed by atoms with Gasteiger partial charge >= 0.3 is 0 Å². The lowest BCUT2D eigenvalue weighted by Gasteiger charge is -2.58. The van der Waals surface area contributed by atoms with Crippen LogP contribution in [-0.2, 0) is 9.57 Å². The summed E-state index contributed by atoms with van der Waals surface area (Å²) < 4.78 is 20.9. The van der Waals surface area contributed by atoms with Gasteiger partial charge in [0, 0.05) is 50.8 Å². The zero-order valence-electron chi connectivity index (χ0n) is 38.3. The van der Waals surface area contributed by atoms with Crippen molar-refractivity contribution in [3.8, 4) is 11.5 Å². The molecule has 6 atom stereocenters. The van der Waals surface area contributed by atoms with Crippen molar-refractivity contribution < 1.29 is 29.3 Å². The highest BCUT2D eigenvalue weighted by Crippen LogP contribution is 2.62. The molecule has 2 aliphatic carbocycles. The number of aliphatic hydroxyl groups is 2. The Kier molecular flexibility index (Phi) is 21.2. The Morgan fingerprint density at radius 2 is 1.53 bits per heavy atom. The van der Waals surface area contributed by atoms with Crippen molar-refractivity contribution in [3.05, 3.63) is 48.1 Å². The fourth-order valence-electron chi connectivity index (χ4n) is 9.87. The maximum absolute atomic E-state index is 9.94. The molecule has 1 saturated heterocycles. The van der Waals surface area contributed by atoms with E-state index in [4.69, 9.17) is 24.2 Å². The minimum Gasteiger partial charge on any atom is -0.492 e. The molecule has 2 N–H and O–H groups in total. The molecule has 1 saturated carbocycles. The van der Waals surface area contributed by atoms with Gasteiger partial charge in [0.25, 0.3) is 0 Å². The van der Waals surface area contributed by atoms with Crippen LogP contribution in [0.3, 0.4) is 0 Å². The van der Waals surface area contributed by atoms with E-state index in [0.29, 0.717) is 19.6 Å². The molecule has 0 bridgehead atoms. The fourth-order valence-corrected chi connectivity index (χ4v) is 11.3. The Labute approximate surface area is 369 Å². The van der Waals surface area contributed by atoms with Crippen LogP contribution in [0.5, 0.6) is 11.5 Å². The number of aliphatic hydroxyl groups excluding tert-OH is 2. The van der Waals surface area contributed by atoms with Crippen LogP contribution >= 0.6 is 11.8 Å². The van der Waals surface area contributed by atoms with Gasteiger partial charge in [0.2, 0.25) is 5.79 Å². The lowest BCUT2D eigenvalue weighted by molar-refractivity contribution is -0.223. The molecule has 8 nitrogen and oxygen atoms in total. The molecule has 4 aliphatic rings. The quantitative estimate of drug-likeness (QED) is 0.0320. The van der Waals surface area contributed by atoms with Crippen LogP contribution in [0.15, 0.2) is 47.7 Å². The molecule has 60 heavy (non-hydrogen) atoms. The molecule has 0 aromatic heterocycles. The van der Waals surface area contributed by atoms with Crippen LogP contribution in [0.1, 0.15) is 174 Å². The number of hydrogen-bond donors (Lipinski definition) is 2. The third kappa shape index (κ3) is 14.8. The number of nitrogens with zero attached hydrogens (tertiary/aromatic N) is 2. The average molecular weight is 853 g/mol. The smallest absolute Gasteiger partial charge is 0.230 e. The van der Waals surface area contributed by atoms with Crippen LogP contribution in [0.4, 0.5) is 0 Å². The van der Waals surface area contributed by atoms with E-state index in [1.54, 1.807) is 0 Å². The SMILES string of the molecule is C=CCO[C@@]12Oc3ccc(OCCN4CC4)cc3[C@H]3[C@H](CCCCO)[C@@H](CCCCO)C=C(C(=NOC(C)(C)C)C[C@@H]1SCCCCCCCCCCCCCCCC)[C@H]32. The molecule has 2 aliphatic heterocycles. The van der Waals surface area contributed by atoms with Gasteiger partial charge < -0.3 is 29.3 Å². The van der Waals surface area contributed by atoms with Crippen molar-refractivity contribution in [1.82, 2.24) is 4.90 Å². The van der Waals surface area contributed by atoms with E-state index in [2.05, 4.69) is 63.4 Å². The van der Waals surface area contributed by atoms with E-state index in [-0.39, 0.29) is 42.1 Å². The Morgan fingerprint density at radius 3 is 2.15 bits per heavy atom. The van der Waals surface area contributed by atoms with Gasteiger partial charge in [-0.15, -0.1) is 6.58 Å². The zero-order valence-corrected chi connectivity index (χ0v) is 39.1. The van der Waals surface area contributed by atoms with E-state index >= 15 is 0 Å². The molecule has 0 unspecified atom stereocenters. The van der Waals surface area contributed by atoms with Gasteiger partial charge in [-0.2, -0.15) is 11.8 Å². The summed E-state index contributed by atoms with van der Waals surface area (Å²) in [5, 5.41) is 24.8. The molecule has 0 spiro atoms. The summed E-state index contributed by atoms with van der Waals surface area (Å²) in [6.45, 7) is 17.3. The van der Waals surface area contributed by atoms with Crippen LogP contribution in [0.2, 0.25) is 0 Å². The zero-order chi connectivity index (χ0) is 42.6. The second-order valence-corrected chi connectivity index (χ2v) is 20.4. The summed E-state index contributed by atoms with van der Waals surface area (Å²) in [6, 6.07) is 6.45. The molecule has 0 amide bonds. The maximum atomic E-state index is 9.94. The highest BCUT2D eigenvalue weighted by atomic mass is 32.2. The van der Waals surface area contributed by atoms with Crippen molar-refractivity contribution in [3.63, 3.8) is 0 Å². The number of rotatable bonds is 32. The third-order valence-electron chi connectivity index (χ3n) is 13.1. The number of benzene rings is 1. The van der Waals surface area contributed by atoms with Gasteiger partial charge in [0.1, 0.15) is 23.7 Å². The lowest BCUT2D eigenvalue weighted by Crippen LogP contribution is -2.64. The highest BCUT2D eigenvalue weighted by molar-refractivity contribution is 8.00. The number of ether oxygens (including phenoxy) is 3. The predicted octanol–water partition coefficient (Wildman–Crippen LogP) is 12.0. The van der Waals surface area contributed by atoms with Gasteiger partial charge in [-0.25, -0.2) is 0 Å². The first-order valence-electron chi connectivity index (χ1n) is 24.5. The Balaban J connectivity index is 1.39. The number of allylic oxidation sites excluding steroid dienone is 1. The molecule has 2 fully saturated rings. The first-order valence-corrected chi connectivity index (χ1v) is 25.5. The lowest BCUT2D eigenvalue weighted by atomic mass is 9.56. The van der Waals surface area contributed by atoms with Gasteiger partial charge in [0.05, 0.1) is 23.5 Å². The Bertz CT molecular complexity index is 1460. The fraction of sp³-hybridized carbons (Fsp3) is 0.784. The minimum absolute atomic E-state index is 0.00732. The molecule has 9 heteroatoms. The van der Waals surface area contributed by atoms with E-state index in [1.165, 1.54) is 101 Å². The summed E-state index contributed by atoms with van der Waals surface area (Å²) in [6.07, 6.45) is 29.4. The summed E-state index contributed by atoms with van der Waals surface area (Å²) in [7, 11) is 0. The first-order chi connectivity index (χ1) is 29.2. The summed E-state index contributed by atoms with van der Waals surface area (Å²) in [5.41, 5.74) is 2.95. The normalized spacial score (nSPS) is 25.3. The van der Waals surface area contributed by atoms with Gasteiger partial charge in [-0.3, -0.25) is 4.90 Å². The molecule has 1 aromatic rings. The van der Waals surface area contributed by atoms with Crippen LogP contribution in [-0.4, -0.2) is 89.3 Å². The summed E-state index contributed by atoms with van der Waals surface area (Å²) in [4.78, 5) is 8.67. The summed E-state index contributed by atoms with van der Waals surface area (Å²) in [5.74, 6) is 2.39. The third-order valence-corrected chi connectivity index (χ3v) is 14.5. The topological polar surface area (TPSA) is 92.8 Å². The van der Waals surface area contributed by atoms with E-state index in [0.717, 1.165) is 81.1 Å². The molecular formula is C51H84N2O6S. The van der Waals surface area contributed by atoms with Crippen LogP contribution in [0, 0.1) is 17.8 Å². The first kappa shape index (κ1) is 49.0. The maximum Gasteiger partial charge on any atom is 0.230 e. The molecular weight excluding hydrogens is 769 g/mol. The van der Waals surface area contributed by atoms with Crippen molar-refractivity contribution in [2.45, 2.75) is 185 Å².